The van der Waals surface area contributed by atoms with Crippen molar-refractivity contribution in [2.24, 2.45) is 5.73 Å². The molecule has 2 rings (SSSR count). The second kappa shape index (κ2) is 5.91. The van der Waals surface area contributed by atoms with Gasteiger partial charge >= 0.3 is 0 Å². The molecule has 100 valence electrons. The van der Waals surface area contributed by atoms with Crippen LogP contribution in [0.25, 0.3) is 0 Å². The summed E-state index contributed by atoms with van der Waals surface area (Å²) in [4.78, 5) is 5.19. The number of hydrogen-bond donors (Lipinski definition) is 1. The summed E-state index contributed by atoms with van der Waals surface area (Å²) in [7, 11) is 2.28. The number of thioether (sulfide) groups is 1. The van der Waals surface area contributed by atoms with Crippen molar-refractivity contribution in [3.8, 4) is 0 Å². The van der Waals surface area contributed by atoms with Crippen molar-refractivity contribution in [3.05, 3.63) is 0 Å². The maximum absolute atomic E-state index is 6.04. The highest BCUT2D eigenvalue weighted by Crippen LogP contribution is 2.32. The van der Waals surface area contributed by atoms with Gasteiger partial charge in [-0.1, -0.05) is 6.92 Å². The summed E-state index contributed by atoms with van der Waals surface area (Å²) >= 11 is 2.06. The number of likely N-dealkylation sites (tertiary alicyclic amines) is 1. The van der Waals surface area contributed by atoms with E-state index in [1.807, 2.05) is 0 Å². The van der Waals surface area contributed by atoms with Crippen LogP contribution < -0.4 is 5.73 Å². The van der Waals surface area contributed by atoms with E-state index in [0.717, 1.165) is 12.6 Å². The van der Waals surface area contributed by atoms with E-state index in [2.05, 4.69) is 35.5 Å². The van der Waals surface area contributed by atoms with Crippen LogP contribution in [-0.4, -0.2) is 66.1 Å². The Hall–Kier alpha value is 0.230. The van der Waals surface area contributed by atoms with Crippen LogP contribution in [0.3, 0.4) is 0 Å². The lowest BCUT2D eigenvalue weighted by molar-refractivity contribution is 0.109. The summed E-state index contributed by atoms with van der Waals surface area (Å²) in [5.74, 6) is 2.50. The molecule has 0 bridgehead atoms. The van der Waals surface area contributed by atoms with Crippen LogP contribution in [-0.2, 0) is 0 Å². The summed E-state index contributed by atoms with van der Waals surface area (Å²) in [6.45, 7) is 6.78. The first kappa shape index (κ1) is 13.7. The largest absolute Gasteiger partial charge is 0.329 e. The summed E-state index contributed by atoms with van der Waals surface area (Å²) in [6.07, 6.45) is 4.01. The fourth-order valence-corrected chi connectivity index (χ4v) is 4.77. The predicted molar refractivity (Wildman–Crippen MR) is 76.6 cm³/mol. The summed E-state index contributed by atoms with van der Waals surface area (Å²) in [6, 6.07) is 0.763. The molecule has 2 saturated heterocycles. The van der Waals surface area contributed by atoms with E-state index in [1.54, 1.807) is 0 Å². The molecule has 0 aliphatic carbocycles. The normalized spacial score (nSPS) is 34.9. The van der Waals surface area contributed by atoms with E-state index in [0.29, 0.717) is 0 Å². The summed E-state index contributed by atoms with van der Waals surface area (Å²) in [5.41, 5.74) is 6.33. The van der Waals surface area contributed by atoms with Crippen molar-refractivity contribution in [3.63, 3.8) is 0 Å². The molecule has 2 heterocycles. The maximum Gasteiger partial charge on any atom is 0.0427 e. The van der Waals surface area contributed by atoms with Crippen molar-refractivity contribution < 1.29 is 0 Å². The van der Waals surface area contributed by atoms with Crippen LogP contribution in [0, 0.1) is 0 Å². The Morgan fingerprint density at radius 3 is 2.94 bits per heavy atom. The van der Waals surface area contributed by atoms with Crippen molar-refractivity contribution in [2.45, 2.75) is 37.8 Å². The fraction of sp³-hybridized carbons (Fsp3) is 1.00. The van der Waals surface area contributed by atoms with E-state index in [9.17, 15) is 0 Å². The van der Waals surface area contributed by atoms with Crippen LogP contribution >= 0.6 is 11.8 Å². The van der Waals surface area contributed by atoms with Gasteiger partial charge in [-0.25, -0.2) is 0 Å². The molecular formula is C13H27N3S. The standard InChI is InChI=1S/C13H27N3S/c1-3-16-7-4-5-12(16)9-15(2)13(10-14)6-8-17-11-13/h12H,3-11,14H2,1-2H3. The van der Waals surface area contributed by atoms with Crippen LogP contribution in [0.2, 0.25) is 0 Å². The highest BCUT2D eigenvalue weighted by molar-refractivity contribution is 7.99. The maximum atomic E-state index is 6.04. The van der Waals surface area contributed by atoms with E-state index < -0.39 is 0 Å². The van der Waals surface area contributed by atoms with Crippen molar-refractivity contribution in [1.82, 2.24) is 9.80 Å². The number of nitrogens with zero attached hydrogens (tertiary/aromatic N) is 2. The van der Waals surface area contributed by atoms with Gasteiger partial charge in [0.1, 0.15) is 0 Å². The van der Waals surface area contributed by atoms with E-state index in [1.165, 1.54) is 50.4 Å². The zero-order valence-corrected chi connectivity index (χ0v) is 12.1. The fourth-order valence-electron chi connectivity index (χ4n) is 3.24. The van der Waals surface area contributed by atoms with Gasteiger partial charge < -0.3 is 5.73 Å². The average Bonchev–Trinajstić information content (AvgIpc) is 2.97. The molecule has 2 aliphatic heterocycles. The molecule has 2 atom stereocenters. The Bertz CT molecular complexity index is 241. The van der Waals surface area contributed by atoms with Crippen molar-refractivity contribution in [2.75, 3.05) is 44.7 Å². The van der Waals surface area contributed by atoms with Gasteiger partial charge in [-0.2, -0.15) is 11.8 Å². The Balaban J connectivity index is 1.93. The Morgan fingerprint density at radius 1 is 1.53 bits per heavy atom. The third-order valence-corrected chi connectivity index (χ3v) is 5.90. The molecule has 0 saturated carbocycles. The molecule has 2 unspecified atom stereocenters. The Kier molecular flexibility index (Phi) is 4.75. The van der Waals surface area contributed by atoms with E-state index in [4.69, 9.17) is 5.73 Å². The van der Waals surface area contributed by atoms with Crippen molar-refractivity contribution in [1.29, 1.82) is 0 Å². The van der Waals surface area contributed by atoms with Crippen LogP contribution in [0.5, 0.6) is 0 Å². The summed E-state index contributed by atoms with van der Waals surface area (Å²) in [5, 5.41) is 0. The highest BCUT2D eigenvalue weighted by Gasteiger charge is 2.38. The second-order valence-corrected chi connectivity index (χ2v) is 6.64. The quantitative estimate of drug-likeness (QED) is 0.803. The highest BCUT2D eigenvalue weighted by atomic mass is 32.2. The minimum atomic E-state index is 0.284. The molecular weight excluding hydrogens is 230 g/mol. The molecule has 17 heavy (non-hydrogen) atoms. The minimum Gasteiger partial charge on any atom is -0.329 e. The van der Waals surface area contributed by atoms with Gasteiger partial charge in [0.25, 0.3) is 0 Å². The zero-order valence-electron chi connectivity index (χ0n) is 11.3. The molecule has 0 aromatic rings. The van der Waals surface area contributed by atoms with Gasteiger partial charge in [-0.05, 0) is 45.2 Å². The molecule has 3 nitrogen and oxygen atoms in total. The van der Waals surface area contributed by atoms with Gasteiger partial charge in [0.05, 0.1) is 0 Å². The van der Waals surface area contributed by atoms with E-state index >= 15 is 0 Å². The molecule has 2 fully saturated rings. The van der Waals surface area contributed by atoms with Gasteiger partial charge in [-0.15, -0.1) is 0 Å². The average molecular weight is 257 g/mol. The SMILES string of the molecule is CCN1CCCC1CN(C)C1(CN)CCSC1. The van der Waals surface area contributed by atoms with Crippen LogP contribution in [0.15, 0.2) is 0 Å². The molecule has 0 amide bonds. The van der Waals surface area contributed by atoms with Gasteiger partial charge in [-0.3, -0.25) is 9.80 Å². The minimum absolute atomic E-state index is 0.284. The predicted octanol–water partition coefficient (Wildman–Crippen LogP) is 1.24. The number of likely N-dealkylation sites (N-methyl/N-ethyl adjacent to an activating group) is 2. The zero-order chi connectivity index (χ0) is 12.3. The monoisotopic (exact) mass is 257 g/mol. The molecule has 4 heteroatoms. The molecule has 0 aromatic carbocycles. The lowest BCUT2D eigenvalue weighted by atomic mass is 9.96. The first-order valence-electron chi connectivity index (χ1n) is 6.95. The van der Waals surface area contributed by atoms with Crippen molar-refractivity contribution >= 4 is 11.8 Å². The topological polar surface area (TPSA) is 32.5 Å². The molecule has 2 aliphatic rings. The van der Waals surface area contributed by atoms with E-state index in [-0.39, 0.29) is 5.54 Å². The van der Waals surface area contributed by atoms with Crippen LogP contribution in [0.1, 0.15) is 26.2 Å². The Labute approximate surface area is 110 Å². The third-order valence-electron chi connectivity index (χ3n) is 4.66. The number of rotatable bonds is 5. The molecule has 0 spiro atoms. The Morgan fingerprint density at radius 2 is 2.35 bits per heavy atom. The molecule has 0 aromatic heterocycles. The van der Waals surface area contributed by atoms with Gasteiger partial charge in [0.15, 0.2) is 0 Å². The van der Waals surface area contributed by atoms with Gasteiger partial charge in [0, 0.05) is 30.4 Å². The summed E-state index contributed by atoms with van der Waals surface area (Å²) < 4.78 is 0. The molecule has 0 radical (unpaired) electrons. The first-order valence-corrected chi connectivity index (χ1v) is 8.10. The second-order valence-electron chi connectivity index (χ2n) is 5.54. The first-order chi connectivity index (χ1) is 8.22. The smallest absolute Gasteiger partial charge is 0.0427 e. The third kappa shape index (κ3) is 2.80. The van der Waals surface area contributed by atoms with Gasteiger partial charge in [0.2, 0.25) is 0 Å². The lowest BCUT2D eigenvalue weighted by Crippen LogP contribution is -2.55. The van der Waals surface area contributed by atoms with Crippen LogP contribution in [0.4, 0.5) is 0 Å². The number of hydrogen-bond acceptors (Lipinski definition) is 4. The molecule has 2 N–H and O–H groups in total. The number of nitrogens with two attached hydrogens (primary N) is 1. The lowest BCUT2D eigenvalue weighted by Gasteiger charge is -2.40.